The first-order valence-electron chi connectivity index (χ1n) is 6.73. The van der Waals surface area contributed by atoms with E-state index in [4.69, 9.17) is 4.98 Å². The minimum Gasteiger partial charge on any atom is -0.316 e. The molecule has 100 valence electrons. The van der Waals surface area contributed by atoms with Gasteiger partial charge in [-0.15, -0.1) is 11.3 Å². The van der Waals surface area contributed by atoms with Crippen LogP contribution in [-0.4, -0.2) is 18.1 Å². The molecule has 1 saturated heterocycles. The summed E-state index contributed by atoms with van der Waals surface area (Å²) < 4.78 is 1.12. The van der Waals surface area contributed by atoms with Crippen molar-refractivity contribution in [2.45, 2.75) is 19.3 Å². The summed E-state index contributed by atoms with van der Waals surface area (Å²) in [6, 6.07) is 8.29. The minimum atomic E-state index is 0.753. The van der Waals surface area contributed by atoms with Crippen LogP contribution in [0.1, 0.15) is 18.5 Å². The van der Waals surface area contributed by atoms with Gasteiger partial charge in [-0.3, -0.25) is 0 Å². The average molecular weight is 337 g/mol. The molecule has 1 unspecified atom stereocenters. The Bertz CT molecular complexity index is 547. The number of thiazole rings is 1. The van der Waals surface area contributed by atoms with E-state index in [2.05, 4.69) is 44.8 Å². The van der Waals surface area contributed by atoms with Crippen LogP contribution in [0.2, 0.25) is 0 Å². The molecule has 0 radical (unpaired) electrons. The standard InChI is InChI=1S/C15H17BrN2S/c16-14-6-2-1-5-13(14)15-18-12(10-19-15)8-11-4-3-7-17-9-11/h1-2,5-6,10-11,17H,3-4,7-9H2. The fraction of sp³-hybridized carbons (Fsp3) is 0.400. The summed E-state index contributed by atoms with van der Waals surface area (Å²) in [5.74, 6) is 0.753. The summed E-state index contributed by atoms with van der Waals surface area (Å²) in [5.41, 5.74) is 2.44. The molecular formula is C15H17BrN2S. The van der Waals surface area contributed by atoms with Gasteiger partial charge in [0.15, 0.2) is 0 Å². The van der Waals surface area contributed by atoms with Gasteiger partial charge in [0, 0.05) is 15.4 Å². The zero-order chi connectivity index (χ0) is 13.1. The van der Waals surface area contributed by atoms with Crippen molar-refractivity contribution in [3.63, 3.8) is 0 Å². The molecule has 0 saturated carbocycles. The van der Waals surface area contributed by atoms with Crippen molar-refractivity contribution in [1.82, 2.24) is 10.3 Å². The van der Waals surface area contributed by atoms with E-state index in [-0.39, 0.29) is 0 Å². The molecule has 1 atom stereocenters. The number of hydrogen-bond acceptors (Lipinski definition) is 3. The Hall–Kier alpha value is -0.710. The Morgan fingerprint density at radius 2 is 2.26 bits per heavy atom. The highest BCUT2D eigenvalue weighted by Crippen LogP contribution is 2.31. The predicted octanol–water partition coefficient (Wildman–Crippen LogP) is 4.11. The number of nitrogens with zero attached hydrogens (tertiary/aromatic N) is 1. The Morgan fingerprint density at radius 3 is 3.05 bits per heavy atom. The van der Waals surface area contributed by atoms with Gasteiger partial charge >= 0.3 is 0 Å². The van der Waals surface area contributed by atoms with E-state index in [1.807, 2.05) is 6.07 Å². The zero-order valence-electron chi connectivity index (χ0n) is 10.7. The van der Waals surface area contributed by atoms with E-state index in [1.54, 1.807) is 11.3 Å². The van der Waals surface area contributed by atoms with Gasteiger partial charge in [0.25, 0.3) is 0 Å². The van der Waals surface area contributed by atoms with Crippen LogP contribution in [0, 0.1) is 5.92 Å². The van der Waals surface area contributed by atoms with E-state index < -0.39 is 0 Å². The van der Waals surface area contributed by atoms with Crippen LogP contribution in [-0.2, 0) is 6.42 Å². The van der Waals surface area contributed by atoms with Crippen LogP contribution in [0.25, 0.3) is 10.6 Å². The third-order valence-corrected chi connectivity index (χ3v) is 5.17. The van der Waals surface area contributed by atoms with Crippen molar-refractivity contribution in [2.24, 2.45) is 5.92 Å². The quantitative estimate of drug-likeness (QED) is 0.912. The lowest BCUT2D eigenvalue weighted by molar-refractivity contribution is 0.374. The molecule has 0 aliphatic carbocycles. The van der Waals surface area contributed by atoms with Crippen molar-refractivity contribution in [1.29, 1.82) is 0 Å². The second kappa shape index (κ2) is 6.16. The van der Waals surface area contributed by atoms with Crippen LogP contribution in [0.4, 0.5) is 0 Å². The molecule has 0 spiro atoms. The first kappa shape index (κ1) is 13.3. The van der Waals surface area contributed by atoms with Gasteiger partial charge in [0.2, 0.25) is 0 Å². The maximum atomic E-state index is 4.80. The molecular weight excluding hydrogens is 320 g/mol. The molecule has 0 bridgehead atoms. The highest BCUT2D eigenvalue weighted by atomic mass is 79.9. The second-order valence-corrected chi connectivity index (χ2v) is 6.75. The SMILES string of the molecule is Brc1ccccc1-c1nc(CC2CCCNC2)cs1. The van der Waals surface area contributed by atoms with Crippen LogP contribution in [0.15, 0.2) is 34.1 Å². The van der Waals surface area contributed by atoms with Gasteiger partial charge in [-0.1, -0.05) is 34.1 Å². The molecule has 1 aliphatic rings. The third kappa shape index (κ3) is 3.25. The second-order valence-electron chi connectivity index (χ2n) is 5.04. The molecule has 2 aromatic rings. The minimum absolute atomic E-state index is 0.753. The fourth-order valence-electron chi connectivity index (χ4n) is 2.55. The van der Waals surface area contributed by atoms with Crippen molar-refractivity contribution in [3.05, 3.63) is 39.8 Å². The van der Waals surface area contributed by atoms with Crippen molar-refractivity contribution < 1.29 is 0 Å². The zero-order valence-corrected chi connectivity index (χ0v) is 13.1. The van der Waals surface area contributed by atoms with Crippen molar-refractivity contribution in [2.75, 3.05) is 13.1 Å². The first-order chi connectivity index (χ1) is 9.33. The molecule has 2 heterocycles. The Balaban J connectivity index is 1.74. The Morgan fingerprint density at radius 1 is 1.37 bits per heavy atom. The van der Waals surface area contributed by atoms with E-state index in [0.29, 0.717) is 0 Å². The maximum Gasteiger partial charge on any atom is 0.124 e. The summed E-state index contributed by atoms with van der Waals surface area (Å²) in [6.07, 6.45) is 3.73. The number of hydrogen-bond donors (Lipinski definition) is 1. The third-order valence-electron chi connectivity index (χ3n) is 3.55. The lowest BCUT2D eigenvalue weighted by Gasteiger charge is -2.21. The van der Waals surface area contributed by atoms with Gasteiger partial charge in [0.05, 0.1) is 5.69 Å². The highest BCUT2D eigenvalue weighted by Gasteiger charge is 2.15. The Labute approximate surface area is 126 Å². The van der Waals surface area contributed by atoms with Crippen molar-refractivity contribution in [3.8, 4) is 10.6 Å². The fourth-order valence-corrected chi connectivity index (χ4v) is 4.03. The number of halogens is 1. The van der Waals surface area contributed by atoms with E-state index in [0.717, 1.165) is 28.4 Å². The first-order valence-corrected chi connectivity index (χ1v) is 8.40. The summed E-state index contributed by atoms with van der Waals surface area (Å²) in [6.45, 7) is 2.32. The van der Waals surface area contributed by atoms with Gasteiger partial charge in [0.1, 0.15) is 5.01 Å². The van der Waals surface area contributed by atoms with Crippen LogP contribution < -0.4 is 5.32 Å². The van der Waals surface area contributed by atoms with Crippen molar-refractivity contribution >= 4 is 27.3 Å². The molecule has 0 amide bonds. The van der Waals surface area contributed by atoms with Crippen LogP contribution in [0.3, 0.4) is 0 Å². The molecule has 1 fully saturated rings. The molecule has 2 nitrogen and oxygen atoms in total. The maximum absolute atomic E-state index is 4.80. The van der Waals surface area contributed by atoms with Gasteiger partial charge in [-0.05, 0) is 44.3 Å². The number of aromatic nitrogens is 1. The lowest BCUT2D eigenvalue weighted by atomic mass is 9.95. The molecule has 4 heteroatoms. The number of benzene rings is 1. The van der Waals surface area contributed by atoms with E-state index in [9.17, 15) is 0 Å². The van der Waals surface area contributed by atoms with Gasteiger partial charge in [-0.25, -0.2) is 4.98 Å². The lowest BCUT2D eigenvalue weighted by Crippen LogP contribution is -2.30. The van der Waals surface area contributed by atoms with Crippen LogP contribution >= 0.6 is 27.3 Å². The van der Waals surface area contributed by atoms with E-state index >= 15 is 0 Å². The molecule has 1 aromatic heterocycles. The molecule has 1 aromatic carbocycles. The van der Waals surface area contributed by atoms with Gasteiger partial charge in [-0.2, -0.15) is 0 Å². The monoisotopic (exact) mass is 336 g/mol. The predicted molar refractivity (Wildman–Crippen MR) is 84.5 cm³/mol. The number of rotatable bonds is 3. The smallest absolute Gasteiger partial charge is 0.124 e. The molecule has 1 aliphatic heterocycles. The average Bonchev–Trinajstić information content (AvgIpc) is 2.89. The topological polar surface area (TPSA) is 24.9 Å². The number of nitrogens with one attached hydrogen (secondary N) is 1. The summed E-state index contributed by atoms with van der Waals surface area (Å²) in [5, 5.41) is 6.80. The number of piperidine rings is 1. The summed E-state index contributed by atoms with van der Waals surface area (Å²) >= 11 is 5.34. The molecule has 19 heavy (non-hydrogen) atoms. The normalized spacial score (nSPS) is 19.5. The summed E-state index contributed by atoms with van der Waals surface area (Å²) in [4.78, 5) is 4.80. The van der Waals surface area contributed by atoms with E-state index in [1.165, 1.54) is 30.6 Å². The molecule has 3 rings (SSSR count). The molecule has 1 N–H and O–H groups in total. The largest absolute Gasteiger partial charge is 0.316 e. The van der Waals surface area contributed by atoms with Crippen LogP contribution in [0.5, 0.6) is 0 Å². The van der Waals surface area contributed by atoms with Gasteiger partial charge < -0.3 is 5.32 Å². The summed E-state index contributed by atoms with van der Waals surface area (Å²) in [7, 11) is 0. The highest BCUT2D eigenvalue weighted by molar-refractivity contribution is 9.10. The Kier molecular flexibility index (Phi) is 4.31.